The predicted molar refractivity (Wildman–Crippen MR) is 240 cm³/mol. The van der Waals surface area contributed by atoms with Crippen LogP contribution in [-0.2, 0) is 13.6 Å². The summed E-state index contributed by atoms with van der Waals surface area (Å²) in [5.41, 5.74) is 13.6. The van der Waals surface area contributed by atoms with E-state index in [0.717, 1.165) is 72.6 Å². The molecule has 0 spiro atoms. The van der Waals surface area contributed by atoms with Gasteiger partial charge in [-0.1, -0.05) is 121 Å². The molecule has 0 saturated heterocycles. The SMILES string of the molecule is CC(C)OP(=O)(OC(C)C)c1cc2[nH]c1c(-c1ccccc1)c1nc(c(-c3ccccc3)c3ccc([nH]3)c(-c3ccccc3)c3nc(c2-c2ccccc2)C=C3)C=C1. The number of nitrogens with one attached hydrogen (secondary N) is 2. The molecule has 0 amide bonds. The largest absolute Gasteiger partial charge is 0.364 e. The summed E-state index contributed by atoms with van der Waals surface area (Å²) in [5.74, 6) is 0. The highest BCUT2D eigenvalue weighted by Gasteiger charge is 2.35. The minimum atomic E-state index is -3.98. The number of fused-ring (bicyclic) bond motifs is 8. The first-order valence-corrected chi connectivity index (χ1v) is 21.2. The van der Waals surface area contributed by atoms with Crippen molar-refractivity contribution in [2.75, 3.05) is 0 Å². The second-order valence-electron chi connectivity index (χ2n) is 14.9. The van der Waals surface area contributed by atoms with Gasteiger partial charge in [-0.25, -0.2) is 9.97 Å². The van der Waals surface area contributed by atoms with E-state index in [1.54, 1.807) is 0 Å². The summed E-state index contributed by atoms with van der Waals surface area (Å²) in [6, 6.07) is 47.1. The second kappa shape index (κ2) is 15.5. The van der Waals surface area contributed by atoms with E-state index < -0.39 is 19.8 Å². The minimum absolute atomic E-state index is 0.390. The van der Waals surface area contributed by atoms with E-state index in [4.69, 9.17) is 19.0 Å². The van der Waals surface area contributed by atoms with Gasteiger partial charge in [0, 0.05) is 38.8 Å². The third-order valence-corrected chi connectivity index (χ3v) is 12.4. The number of nitrogens with zero attached hydrogens (tertiary/aromatic N) is 2. The van der Waals surface area contributed by atoms with Gasteiger partial charge in [0.25, 0.3) is 0 Å². The summed E-state index contributed by atoms with van der Waals surface area (Å²) < 4.78 is 28.2. The molecule has 0 fully saturated rings. The van der Waals surface area contributed by atoms with Crippen LogP contribution in [0.3, 0.4) is 0 Å². The van der Waals surface area contributed by atoms with E-state index in [2.05, 4.69) is 88.9 Å². The highest BCUT2D eigenvalue weighted by Crippen LogP contribution is 2.52. The zero-order chi connectivity index (χ0) is 39.8. The number of hydrogen-bond acceptors (Lipinski definition) is 5. The molecule has 8 heteroatoms. The fourth-order valence-corrected chi connectivity index (χ4v) is 9.93. The van der Waals surface area contributed by atoms with E-state index in [1.165, 1.54) is 0 Å². The first-order chi connectivity index (χ1) is 28.3. The van der Waals surface area contributed by atoms with Crippen molar-refractivity contribution >= 4 is 59.3 Å². The fraction of sp³-hybridized carbons (Fsp3) is 0.120. The molecule has 5 heterocycles. The average Bonchev–Trinajstić information content (AvgIpc) is 4.06. The summed E-state index contributed by atoms with van der Waals surface area (Å²) in [6.07, 6.45) is 7.46. The Hall–Kier alpha value is -6.37. The Morgan fingerprint density at radius 2 is 0.793 bits per heavy atom. The quantitative estimate of drug-likeness (QED) is 0.142. The van der Waals surface area contributed by atoms with Crippen LogP contribution in [0.1, 0.15) is 50.5 Å². The number of hydrogen-bond donors (Lipinski definition) is 2. The van der Waals surface area contributed by atoms with Crippen molar-refractivity contribution in [1.82, 2.24) is 19.9 Å². The lowest BCUT2D eigenvalue weighted by Gasteiger charge is -2.22. The molecule has 2 N–H and O–H groups in total. The maximum Gasteiger partial charge on any atom is 0.364 e. The maximum atomic E-state index is 15.5. The van der Waals surface area contributed by atoms with Crippen molar-refractivity contribution in [3.05, 3.63) is 162 Å². The van der Waals surface area contributed by atoms with Crippen LogP contribution < -0.4 is 5.30 Å². The standard InChI is InChI=1S/C50H43N4O3P/c1-32(2)56-58(55,57-33(3)4)45-31-44-48(36-21-13-7-14-22-36)42-28-27-40(52-42)46(34-17-9-5-10-18-34)38-25-26-39(51-38)47(35-19-11-6-12-20-35)41-29-30-43(53-41)49(50(45)54-44)37-23-15-8-16-24-37/h5-33,51,54H,1-4H3. The molecule has 0 aliphatic carbocycles. The smallest absolute Gasteiger partial charge is 0.354 e. The lowest BCUT2D eigenvalue weighted by atomic mass is 10.0. The molecular weight excluding hydrogens is 736 g/mol. The van der Waals surface area contributed by atoms with Gasteiger partial charge in [-0.15, -0.1) is 0 Å². The van der Waals surface area contributed by atoms with Crippen molar-refractivity contribution < 1.29 is 13.6 Å². The number of rotatable bonds is 9. The summed E-state index contributed by atoms with van der Waals surface area (Å²) in [7, 11) is -3.98. The Morgan fingerprint density at radius 1 is 0.448 bits per heavy atom. The van der Waals surface area contributed by atoms with Crippen molar-refractivity contribution in [2.45, 2.75) is 39.9 Å². The average molecular weight is 779 g/mol. The monoisotopic (exact) mass is 778 g/mol. The van der Waals surface area contributed by atoms with Gasteiger partial charge in [0.05, 0.1) is 45.8 Å². The number of H-pyrrole nitrogens is 2. The van der Waals surface area contributed by atoms with Gasteiger partial charge in [0.1, 0.15) is 0 Å². The topological polar surface area (TPSA) is 92.9 Å². The molecule has 2 aliphatic rings. The molecule has 7 aromatic rings. The molecule has 286 valence electrons. The van der Waals surface area contributed by atoms with Crippen LogP contribution >= 0.6 is 7.60 Å². The van der Waals surface area contributed by atoms with Gasteiger partial charge in [0.2, 0.25) is 0 Å². The Bertz CT molecular complexity index is 2900. The fourth-order valence-electron chi connectivity index (χ4n) is 7.81. The van der Waals surface area contributed by atoms with Gasteiger partial charge in [0.15, 0.2) is 0 Å². The van der Waals surface area contributed by atoms with Crippen molar-refractivity contribution in [1.29, 1.82) is 0 Å². The van der Waals surface area contributed by atoms with Crippen LogP contribution in [0.2, 0.25) is 0 Å². The minimum Gasteiger partial charge on any atom is -0.354 e. The van der Waals surface area contributed by atoms with Gasteiger partial charge < -0.3 is 19.0 Å². The van der Waals surface area contributed by atoms with Gasteiger partial charge in [-0.3, -0.25) is 4.57 Å². The van der Waals surface area contributed by atoms with Crippen LogP contribution in [0, 0.1) is 0 Å². The van der Waals surface area contributed by atoms with Crippen LogP contribution in [0.15, 0.2) is 140 Å². The summed E-state index contributed by atoms with van der Waals surface area (Å²) >= 11 is 0. The van der Waals surface area contributed by atoms with Gasteiger partial charge in [-0.05, 0) is 92.5 Å². The summed E-state index contributed by atoms with van der Waals surface area (Å²) in [5, 5.41) is 0.426. The lowest BCUT2D eigenvalue weighted by molar-refractivity contribution is 0.150. The molecule has 0 radical (unpaired) electrons. The van der Waals surface area contributed by atoms with Crippen LogP contribution in [-0.4, -0.2) is 32.1 Å². The van der Waals surface area contributed by atoms with Crippen molar-refractivity contribution in [3.8, 4) is 44.5 Å². The Balaban J connectivity index is 1.54. The van der Waals surface area contributed by atoms with Crippen LogP contribution in [0.5, 0.6) is 0 Å². The molecule has 8 bridgehead atoms. The second-order valence-corrected chi connectivity index (χ2v) is 16.8. The third-order valence-electron chi connectivity index (χ3n) is 10.1. The molecule has 2 aliphatic heterocycles. The molecule has 3 aromatic heterocycles. The summed E-state index contributed by atoms with van der Waals surface area (Å²) in [6.45, 7) is 7.51. The molecule has 58 heavy (non-hydrogen) atoms. The number of aromatic nitrogens is 4. The van der Waals surface area contributed by atoms with Gasteiger partial charge in [-0.2, -0.15) is 0 Å². The predicted octanol–water partition coefficient (Wildman–Crippen LogP) is 13.0. The number of aromatic amines is 2. The molecule has 0 unspecified atom stereocenters. The number of benzene rings is 4. The molecule has 0 atom stereocenters. The Morgan fingerprint density at radius 3 is 1.17 bits per heavy atom. The Labute approximate surface area is 338 Å². The van der Waals surface area contributed by atoms with E-state index in [1.807, 2.05) is 113 Å². The van der Waals surface area contributed by atoms with Crippen molar-refractivity contribution in [2.24, 2.45) is 0 Å². The first kappa shape index (κ1) is 37.2. The van der Waals surface area contributed by atoms with E-state index in [-0.39, 0.29) is 0 Å². The van der Waals surface area contributed by atoms with E-state index in [9.17, 15) is 0 Å². The van der Waals surface area contributed by atoms with Gasteiger partial charge >= 0.3 is 7.60 Å². The molecule has 7 nitrogen and oxygen atoms in total. The third kappa shape index (κ3) is 7.09. The van der Waals surface area contributed by atoms with E-state index >= 15 is 4.57 Å². The zero-order valence-electron chi connectivity index (χ0n) is 32.8. The normalized spacial score (nSPS) is 12.5. The van der Waals surface area contributed by atoms with Crippen LogP contribution in [0.4, 0.5) is 0 Å². The Kier molecular flexibility index (Phi) is 9.96. The lowest BCUT2D eigenvalue weighted by Crippen LogP contribution is -2.16. The van der Waals surface area contributed by atoms with Crippen LogP contribution in [0.25, 0.3) is 90.9 Å². The highest BCUT2D eigenvalue weighted by molar-refractivity contribution is 7.62. The molecular formula is C50H43N4O3P. The molecule has 4 aromatic carbocycles. The molecule has 0 saturated carbocycles. The molecule has 9 rings (SSSR count). The summed E-state index contributed by atoms with van der Waals surface area (Å²) in [4.78, 5) is 18.4. The highest BCUT2D eigenvalue weighted by atomic mass is 31.2. The van der Waals surface area contributed by atoms with E-state index in [0.29, 0.717) is 22.0 Å². The first-order valence-electron chi connectivity index (χ1n) is 19.6. The maximum absolute atomic E-state index is 15.5. The zero-order valence-corrected chi connectivity index (χ0v) is 33.7. The van der Waals surface area contributed by atoms with Crippen molar-refractivity contribution in [3.63, 3.8) is 0 Å².